The molecule has 0 saturated carbocycles. The first-order chi connectivity index (χ1) is 14.4. The number of carbonyl (C=O) groups excluding carboxylic acids is 1. The first kappa shape index (κ1) is 20.3. The van der Waals surface area contributed by atoms with Crippen molar-refractivity contribution in [2.75, 3.05) is 44.7 Å². The summed E-state index contributed by atoms with van der Waals surface area (Å²) in [5, 5.41) is 19.2. The second-order valence-electron chi connectivity index (χ2n) is 8.11. The number of rotatable bonds is 5. The number of nitrogens with zero attached hydrogens (tertiary/aromatic N) is 4. The summed E-state index contributed by atoms with van der Waals surface area (Å²) in [5.74, 6) is -0.300. The zero-order chi connectivity index (χ0) is 21.4. The van der Waals surface area contributed by atoms with Crippen LogP contribution in [-0.4, -0.2) is 70.6 Å². The van der Waals surface area contributed by atoms with Crippen molar-refractivity contribution in [1.29, 1.82) is 0 Å². The maximum absolute atomic E-state index is 14.5. The molecular weight excluding hydrogens is 391 g/mol. The van der Waals surface area contributed by atoms with Gasteiger partial charge in [0.05, 0.1) is 0 Å². The van der Waals surface area contributed by atoms with E-state index >= 15 is 0 Å². The molecule has 1 amide bonds. The van der Waals surface area contributed by atoms with Crippen LogP contribution in [-0.2, 0) is 6.54 Å². The van der Waals surface area contributed by atoms with Gasteiger partial charge in [0.25, 0.3) is 0 Å². The van der Waals surface area contributed by atoms with Crippen LogP contribution in [0.25, 0.3) is 0 Å². The lowest BCUT2D eigenvalue weighted by Crippen LogP contribution is -2.37. The number of aromatic hydroxyl groups is 2. The Morgan fingerprint density at radius 1 is 1.13 bits per heavy atom. The van der Waals surface area contributed by atoms with Gasteiger partial charge in [0.15, 0.2) is 0 Å². The molecule has 162 valence electrons. The summed E-state index contributed by atoms with van der Waals surface area (Å²) in [6.45, 7) is 6.02. The molecule has 2 atom stereocenters. The first-order valence-corrected chi connectivity index (χ1v) is 10.1. The molecule has 1 aromatic carbocycles. The lowest BCUT2D eigenvalue weighted by atomic mass is 10.0. The van der Waals surface area contributed by atoms with Gasteiger partial charge in [0.2, 0.25) is 11.8 Å². The second kappa shape index (κ2) is 8.06. The molecule has 4 rings (SSSR count). The minimum absolute atomic E-state index is 0.193. The predicted molar refractivity (Wildman–Crippen MR) is 109 cm³/mol. The second-order valence-corrected chi connectivity index (χ2v) is 8.11. The van der Waals surface area contributed by atoms with Crippen molar-refractivity contribution in [2.45, 2.75) is 13.5 Å². The monoisotopic (exact) mass is 418 g/mol. The highest BCUT2D eigenvalue weighted by molar-refractivity contribution is 5.68. The van der Waals surface area contributed by atoms with E-state index in [-0.39, 0.29) is 29.4 Å². The Hall–Kier alpha value is -2.94. The van der Waals surface area contributed by atoms with Gasteiger partial charge in [-0.15, -0.1) is 4.73 Å². The maximum atomic E-state index is 14.5. The number of anilines is 1. The number of halogens is 1. The Balaban J connectivity index is 1.32. The van der Waals surface area contributed by atoms with Crippen LogP contribution in [0.2, 0.25) is 0 Å². The van der Waals surface area contributed by atoms with Gasteiger partial charge in [0.1, 0.15) is 5.82 Å². The highest BCUT2D eigenvalue weighted by Crippen LogP contribution is 2.33. The number of hydrogen-bond acceptors (Lipinski definition) is 6. The van der Waals surface area contributed by atoms with Crippen LogP contribution in [0.3, 0.4) is 0 Å². The van der Waals surface area contributed by atoms with Crippen molar-refractivity contribution in [3.63, 3.8) is 0 Å². The fraction of sp³-hybridized carbons (Fsp3) is 0.476. The Labute approximate surface area is 174 Å². The molecule has 2 aliphatic heterocycles. The fourth-order valence-electron chi connectivity index (χ4n) is 4.32. The molecule has 1 aromatic heterocycles. The molecule has 0 spiro atoms. The van der Waals surface area contributed by atoms with E-state index in [2.05, 4.69) is 4.90 Å². The Bertz CT molecular complexity index is 900. The van der Waals surface area contributed by atoms with Gasteiger partial charge in [-0.2, -0.15) is 0 Å². The average molecular weight is 418 g/mol. The van der Waals surface area contributed by atoms with Gasteiger partial charge in [-0.1, -0.05) is 6.07 Å². The van der Waals surface area contributed by atoms with E-state index in [4.69, 9.17) is 4.84 Å². The topological polar surface area (TPSA) is 81.4 Å². The molecule has 2 fully saturated rings. The number of fused-ring (bicyclic) bond motifs is 1. The third-order valence-corrected chi connectivity index (χ3v) is 6.13. The number of likely N-dealkylation sites (tertiary alicyclic amines) is 2. The molecular formula is C21H27FN4O4. The van der Waals surface area contributed by atoms with Crippen LogP contribution >= 0.6 is 0 Å². The van der Waals surface area contributed by atoms with Crippen molar-refractivity contribution in [1.82, 2.24) is 14.5 Å². The molecule has 0 bridgehead atoms. The molecule has 0 radical (unpaired) electrons. The van der Waals surface area contributed by atoms with Crippen molar-refractivity contribution in [3.8, 4) is 11.8 Å². The van der Waals surface area contributed by atoms with Crippen LogP contribution in [0.5, 0.6) is 11.8 Å². The maximum Gasteiger partial charge on any atom is 0.434 e. The number of hydrogen-bond donors (Lipinski definition) is 2. The summed E-state index contributed by atoms with van der Waals surface area (Å²) in [6.07, 6.45) is -0.612. The Morgan fingerprint density at radius 2 is 1.77 bits per heavy atom. The molecule has 3 heterocycles. The van der Waals surface area contributed by atoms with Gasteiger partial charge in [-0.05, 0) is 30.9 Å². The van der Waals surface area contributed by atoms with E-state index in [9.17, 15) is 19.4 Å². The molecule has 0 aliphatic carbocycles. The van der Waals surface area contributed by atoms with E-state index in [1.807, 2.05) is 31.0 Å². The predicted octanol–water partition coefficient (Wildman–Crippen LogP) is 2.11. The summed E-state index contributed by atoms with van der Waals surface area (Å²) < 4.78 is 15.2. The summed E-state index contributed by atoms with van der Waals surface area (Å²) in [4.78, 5) is 23.3. The summed E-state index contributed by atoms with van der Waals surface area (Å²) in [6, 6.07) is 7.86. The molecule has 9 heteroatoms. The summed E-state index contributed by atoms with van der Waals surface area (Å²) in [5.41, 5.74) is 1.55. The number of benzene rings is 1. The van der Waals surface area contributed by atoms with Crippen LogP contribution in [0.15, 0.2) is 30.3 Å². The van der Waals surface area contributed by atoms with Gasteiger partial charge >= 0.3 is 6.09 Å². The lowest BCUT2D eigenvalue weighted by Gasteiger charge is -2.22. The van der Waals surface area contributed by atoms with E-state index in [0.29, 0.717) is 29.9 Å². The molecule has 2 saturated heterocycles. The molecule has 8 nitrogen and oxygen atoms in total. The average Bonchev–Trinajstić information content (AvgIpc) is 3.38. The Morgan fingerprint density at radius 3 is 2.33 bits per heavy atom. The van der Waals surface area contributed by atoms with Crippen LogP contribution in [0.4, 0.5) is 14.9 Å². The van der Waals surface area contributed by atoms with Gasteiger partial charge < -0.3 is 24.9 Å². The van der Waals surface area contributed by atoms with E-state index in [1.165, 1.54) is 12.1 Å². The molecule has 2 aromatic rings. The molecule has 2 unspecified atom stereocenters. The van der Waals surface area contributed by atoms with Gasteiger partial charge in [-0.3, -0.25) is 4.90 Å². The SMILES string of the molecule is CCN(C)c1ccc(CN2CC3CN(C(=O)On4c(O)ccc4O)CC3C2)c(F)c1. The van der Waals surface area contributed by atoms with Crippen LogP contribution in [0, 0.1) is 17.7 Å². The highest BCUT2D eigenvalue weighted by Gasteiger charge is 2.42. The minimum Gasteiger partial charge on any atom is -0.492 e. The van der Waals surface area contributed by atoms with Crippen molar-refractivity contribution < 1.29 is 24.2 Å². The number of amides is 1. The number of carbonyl (C=O) groups is 1. The molecule has 2 N–H and O–H groups in total. The van der Waals surface area contributed by atoms with Crippen molar-refractivity contribution in [2.24, 2.45) is 11.8 Å². The van der Waals surface area contributed by atoms with Crippen molar-refractivity contribution in [3.05, 3.63) is 41.7 Å². The zero-order valence-electron chi connectivity index (χ0n) is 17.2. The smallest absolute Gasteiger partial charge is 0.434 e. The molecule has 30 heavy (non-hydrogen) atoms. The minimum atomic E-state index is -0.612. The lowest BCUT2D eigenvalue weighted by molar-refractivity contribution is 0.0774. The quantitative estimate of drug-likeness (QED) is 0.774. The number of aromatic nitrogens is 1. The van der Waals surface area contributed by atoms with Gasteiger partial charge in [0, 0.05) is 69.7 Å². The highest BCUT2D eigenvalue weighted by atomic mass is 19.1. The van der Waals surface area contributed by atoms with E-state index in [0.717, 1.165) is 25.3 Å². The van der Waals surface area contributed by atoms with E-state index < -0.39 is 6.09 Å². The van der Waals surface area contributed by atoms with Gasteiger partial charge in [-0.25, -0.2) is 9.18 Å². The van der Waals surface area contributed by atoms with Crippen LogP contribution in [0.1, 0.15) is 12.5 Å². The molecule has 2 aliphatic rings. The van der Waals surface area contributed by atoms with Crippen LogP contribution < -0.4 is 9.74 Å². The first-order valence-electron chi connectivity index (χ1n) is 10.1. The third-order valence-electron chi connectivity index (χ3n) is 6.13. The van der Waals surface area contributed by atoms with Crippen molar-refractivity contribution >= 4 is 11.8 Å². The third kappa shape index (κ3) is 3.89. The largest absolute Gasteiger partial charge is 0.492 e. The summed E-state index contributed by atoms with van der Waals surface area (Å²) in [7, 11) is 1.94. The normalized spacial score (nSPS) is 21.1. The van der Waals surface area contributed by atoms with E-state index in [1.54, 1.807) is 11.0 Å². The Kier molecular flexibility index (Phi) is 5.46. The zero-order valence-corrected chi connectivity index (χ0v) is 17.2. The standard InChI is InChI=1S/C21H27FN4O4/c1-3-23(2)17-5-4-14(18(22)8-17)9-24-10-15-12-25(13-16(15)11-24)21(29)30-26-19(27)6-7-20(26)28/h4-8,15-16,27-28H,3,9-13H2,1-2H3. The fourth-order valence-corrected chi connectivity index (χ4v) is 4.32. The summed E-state index contributed by atoms with van der Waals surface area (Å²) >= 11 is 0.